The zero-order valence-electron chi connectivity index (χ0n) is 16.6. The molecule has 0 amide bonds. The third-order valence-corrected chi connectivity index (χ3v) is 6.49. The SMILES string of the molecule is Cc1ccc(F)cc1S(=O)(=O)N(C)/N=C/c1cnc2ccc(-c3cncc(F)c3)cn12. The van der Waals surface area contributed by atoms with Crippen LogP contribution in [0.15, 0.2) is 71.2 Å². The summed E-state index contributed by atoms with van der Waals surface area (Å²) in [6.07, 6.45) is 7.25. The van der Waals surface area contributed by atoms with Crippen LogP contribution in [0, 0.1) is 18.6 Å². The molecular weight excluding hydrogens is 424 g/mol. The number of pyridine rings is 2. The minimum absolute atomic E-state index is 0.161. The van der Waals surface area contributed by atoms with Gasteiger partial charge in [-0.1, -0.05) is 6.07 Å². The van der Waals surface area contributed by atoms with Gasteiger partial charge in [-0.05, 0) is 42.8 Å². The molecule has 4 rings (SSSR count). The maximum absolute atomic E-state index is 13.6. The molecule has 0 radical (unpaired) electrons. The maximum Gasteiger partial charge on any atom is 0.279 e. The van der Waals surface area contributed by atoms with Gasteiger partial charge in [0.25, 0.3) is 10.0 Å². The van der Waals surface area contributed by atoms with E-state index in [9.17, 15) is 17.2 Å². The normalized spacial score (nSPS) is 12.0. The number of rotatable bonds is 5. The Morgan fingerprint density at radius 3 is 2.61 bits per heavy atom. The second kappa shape index (κ2) is 7.88. The number of nitrogens with zero attached hydrogens (tertiary/aromatic N) is 5. The number of hydrazone groups is 1. The number of aromatic nitrogens is 3. The summed E-state index contributed by atoms with van der Waals surface area (Å²) in [5.41, 5.74) is 2.79. The molecule has 0 fully saturated rings. The molecule has 31 heavy (non-hydrogen) atoms. The number of aryl methyl sites for hydroxylation is 1. The predicted octanol–water partition coefficient (Wildman–Crippen LogP) is 3.64. The van der Waals surface area contributed by atoms with Gasteiger partial charge in [-0.25, -0.2) is 13.8 Å². The van der Waals surface area contributed by atoms with Crippen LogP contribution in [0.2, 0.25) is 0 Å². The Balaban J connectivity index is 1.68. The monoisotopic (exact) mass is 441 g/mol. The first-order valence-electron chi connectivity index (χ1n) is 9.13. The minimum Gasteiger partial charge on any atom is -0.298 e. The van der Waals surface area contributed by atoms with Gasteiger partial charge in [0.1, 0.15) is 17.3 Å². The van der Waals surface area contributed by atoms with Gasteiger partial charge in [-0.2, -0.15) is 17.9 Å². The number of hydrogen-bond donors (Lipinski definition) is 0. The van der Waals surface area contributed by atoms with E-state index in [1.807, 2.05) is 0 Å². The number of benzene rings is 1. The number of fused-ring (bicyclic) bond motifs is 1. The molecule has 0 atom stereocenters. The molecule has 7 nitrogen and oxygen atoms in total. The summed E-state index contributed by atoms with van der Waals surface area (Å²) < 4.78 is 55.1. The molecule has 158 valence electrons. The highest BCUT2D eigenvalue weighted by Gasteiger charge is 2.22. The van der Waals surface area contributed by atoms with Crippen LogP contribution in [0.4, 0.5) is 8.78 Å². The zero-order valence-corrected chi connectivity index (χ0v) is 17.4. The molecule has 4 aromatic rings. The first kappa shape index (κ1) is 20.6. The largest absolute Gasteiger partial charge is 0.298 e. The lowest BCUT2D eigenvalue weighted by Crippen LogP contribution is -2.23. The number of halogens is 2. The fourth-order valence-electron chi connectivity index (χ4n) is 3.03. The quantitative estimate of drug-likeness (QED) is 0.350. The van der Waals surface area contributed by atoms with Crippen molar-refractivity contribution >= 4 is 21.9 Å². The van der Waals surface area contributed by atoms with Gasteiger partial charge in [0.15, 0.2) is 0 Å². The van der Waals surface area contributed by atoms with Crippen LogP contribution in [-0.4, -0.2) is 40.5 Å². The second-order valence-corrected chi connectivity index (χ2v) is 8.73. The smallest absolute Gasteiger partial charge is 0.279 e. The maximum atomic E-state index is 13.6. The molecule has 10 heteroatoms. The van der Waals surface area contributed by atoms with Crippen LogP contribution < -0.4 is 0 Å². The zero-order chi connectivity index (χ0) is 22.2. The summed E-state index contributed by atoms with van der Waals surface area (Å²) in [5, 5.41) is 4.02. The highest BCUT2D eigenvalue weighted by molar-refractivity contribution is 7.89. The van der Waals surface area contributed by atoms with E-state index in [1.54, 1.807) is 29.7 Å². The van der Waals surface area contributed by atoms with Crippen LogP contribution in [0.5, 0.6) is 0 Å². The third-order valence-electron chi connectivity index (χ3n) is 4.70. The number of sulfonamides is 1. The summed E-state index contributed by atoms with van der Waals surface area (Å²) in [6, 6.07) is 8.44. The lowest BCUT2D eigenvalue weighted by atomic mass is 10.1. The van der Waals surface area contributed by atoms with Crippen molar-refractivity contribution in [2.24, 2.45) is 5.10 Å². The third kappa shape index (κ3) is 4.02. The first-order valence-corrected chi connectivity index (χ1v) is 10.6. The average Bonchev–Trinajstić information content (AvgIpc) is 3.15. The fourth-order valence-corrected chi connectivity index (χ4v) is 4.22. The Hall–Kier alpha value is -3.66. The molecular formula is C21H17F2N5O2S. The van der Waals surface area contributed by atoms with Crippen molar-refractivity contribution in [3.8, 4) is 11.1 Å². The Bertz CT molecular complexity index is 1420. The molecule has 0 saturated heterocycles. The van der Waals surface area contributed by atoms with Crippen molar-refractivity contribution in [1.82, 2.24) is 18.8 Å². The van der Waals surface area contributed by atoms with Gasteiger partial charge >= 0.3 is 0 Å². The molecule has 0 bridgehead atoms. The van der Waals surface area contributed by atoms with Crippen LogP contribution >= 0.6 is 0 Å². The van der Waals surface area contributed by atoms with Gasteiger partial charge < -0.3 is 0 Å². The molecule has 3 aromatic heterocycles. The summed E-state index contributed by atoms with van der Waals surface area (Å²) >= 11 is 0. The van der Waals surface area contributed by atoms with Crippen LogP contribution in [0.25, 0.3) is 16.8 Å². The van der Waals surface area contributed by atoms with E-state index >= 15 is 0 Å². The lowest BCUT2D eigenvalue weighted by molar-refractivity contribution is 0.489. The number of imidazole rings is 1. The molecule has 0 aliphatic carbocycles. The van der Waals surface area contributed by atoms with E-state index in [4.69, 9.17) is 0 Å². The summed E-state index contributed by atoms with van der Waals surface area (Å²) in [7, 11) is -2.77. The highest BCUT2D eigenvalue weighted by Crippen LogP contribution is 2.22. The van der Waals surface area contributed by atoms with E-state index in [2.05, 4.69) is 15.1 Å². The minimum atomic E-state index is -4.04. The Morgan fingerprint density at radius 2 is 1.84 bits per heavy atom. The average molecular weight is 441 g/mol. The van der Waals surface area contributed by atoms with Gasteiger partial charge in [-0.15, -0.1) is 0 Å². The second-order valence-electron chi connectivity index (χ2n) is 6.81. The summed E-state index contributed by atoms with van der Waals surface area (Å²) in [5.74, 6) is -1.10. The summed E-state index contributed by atoms with van der Waals surface area (Å²) in [6.45, 7) is 1.58. The molecule has 0 saturated carbocycles. The Labute approximate surface area is 177 Å². The molecule has 3 heterocycles. The van der Waals surface area contributed by atoms with E-state index in [-0.39, 0.29) is 4.90 Å². The molecule has 0 unspecified atom stereocenters. The highest BCUT2D eigenvalue weighted by atomic mass is 32.2. The van der Waals surface area contributed by atoms with Crippen molar-refractivity contribution in [2.75, 3.05) is 7.05 Å². The number of hydrogen-bond acceptors (Lipinski definition) is 5. The fraction of sp³-hybridized carbons (Fsp3) is 0.0952. The molecule has 0 aliphatic rings. The van der Waals surface area contributed by atoms with Gasteiger partial charge in [0, 0.05) is 30.6 Å². The van der Waals surface area contributed by atoms with Crippen LogP contribution in [0.1, 0.15) is 11.3 Å². The Morgan fingerprint density at radius 1 is 1.03 bits per heavy atom. The summed E-state index contributed by atoms with van der Waals surface area (Å²) in [4.78, 5) is 7.95. The lowest BCUT2D eigenvalue weighted by Gasteiger charge is -2.15. The van der Waals surface area contributed by atoms with Crippen LogP contribution in [0.3, 0.4) is 0 Å². The van der Waals surface area contributed by atoms with Gasteiger partial charge in [0.05, 0.1) is 29.2 Å². The molecule has 0 spiro atoms. The van der Waals surface area contributed by atoms with Crippen molar-refractivity contribution in [3.05, 3.63) is 84.1 Å². The standard InChI is InChI=1S/C21H17F2N5O2S/c1-14-3-5-17(22)8-20(14)31(29,30)27(2)26-12-19-11-25-21-6-4-15(13-28(19)21)16-7-18(23)10-24-9-16/h3-13H,1-2H3/b26-12+. The van der Waals surface area contributed by atoms with Crippen molar-refractivity contribution in [1.29, 1.82) is 0 Å². The molecule has 0 N–H and O–H groups in total. The van der Waals surface area contributed by atoms with E-state index in [0.717, 1.165) is 16.7 Å². The Kier molecular flexibility index (Phi) is 5.24. The molecule has 1 aromatic carbocycles. The van der Waals surface area contributed by atoms with Gasteiger partial charge in [-0.3, -0.25) is 9.38 Å². The van der Waals surface area contributed by atoms with Crippen molar-refractivity contribution in [3.63, 3.8) is 0 Å². The predicted molar refractivity (Wildman–Crippen MR) is 112 cm³/mol. The van der Waals surface area contributed by atoms with Crippen molar-refractivity contribution in [2.45, 2.75) is 11.8 Å². The molecule has 0 aliphatic heterocycles. The van der Waals surface area contributed by atoms with Gasteiger partial charge in [0.2, 0.25) is 0 Å². The van der Waals surface area contributed by atoms with E-state index in [1.165, 1.54) is 43.9 Å². The van der Waals surface area contributed by atoms with E-state index < -0.39 is 21.7 Å². The van der Waals surface area contributed by atoms with Crippen LogP contribution in [-0.2, 0) is 10.0 Å². The van der Waals surface area contributed by atoms with E-state index in [0.29, 0.717) is 28.0 Å². The van der Waals surface area contributed by atoms with Crippen molar-refractivity contribution < 1.29 is 17.2 Å². The first-order chi connectivity index (χ1) is 14.8. The topological polar surface area (TPSA) is 79.9 Å².